The molecule has 0 spiro atoms. The molecule has 18 heavy (non-hydrogen) atoms. The first-order valence-corrected chi connectivity index (χ1v) is 7.76. The molecule has 1 saturated carbocycles. The van der Waals surface area contributed by atoms with Gasteiger partial charge in [-0.1, -0.05) is 24.8 Å². The predicted molar refractivity (Wildman–Crippen MR) is 78.9 cm³/mol. The number of likely N-dealkylation sites (tertiary alicyclic amines) is 1. The fraction of sp³-hybridized carbons (Fsp3) is 0.875. The van der Waals surface area contributed by atoms with Gasteiger partial charge < -0.3 is 5.32 Å². The van der Waals surface area contributed by atoms with Gasteiger partial charge in [-0.2, -0.15) is 0 Å². The van der Waals surface area contributed by atoms with E-state index in [1.807, 2.05) is 0 Å². The normalized spacial score (nSPS) is 26.1. The summed E-state index contributed by atoms with van der Waals surface area (Å²) in [6.45, 7) is 8.93. The second-order valence-electron chi connectivity index (χ2n) is 6.36. The lowest BCUT2D eigenvalue weighted by Crippen LogP contribution is -2.60. The first-order valence-electron chi connectivity index (χ1n) is 7.76. The number of rotatable bonds is 5. The Morgan fingerprint density at radius 3 is 2.28 bits per heavy atom. The molecule has 2 heteroatoms. The molecule has 0 bridgehead atoms. The zero-order valence-electron chi connectivity index (χ0n) is 12.3. The highest BCUT2D eigenvalue weighted by molar-refractivity contribution is 5.08. The van der Waals surface area contributed by atoms with Crippen LogP contribution in [0, 0.1) is 0 Å². The molecule has 0 aromatic carbocycles. The van der Waals surface area contributed by atoms with Gasteiger partial charge in [0.15, 0.2) is 0 Å². The molecule has 2 aliphatic rings. The minimum atomic E-state index is 0.425. The van der Waals surface area contributed by atoms with Crippen LogP contribution >= 0.6 is 0 Å². The lowest BCUT2D eigenvalue weighted by molar-refractivity contribution is 0.0390. The van der Waals surface area contributed by atoms with E-state index in [9.17, 15) is 0 Å². The van der Waals surface area contributed by atoms with E-state index in [0.717, 1.165) is 6.42 Å². The molecular weight excluding hydrogens is 220 g/mol. The summed E-state index contributed by atoms with van der Waals surface area (Å²) in [7, 11) is 2.14. The highest BCUT2D eigenvalue weighted by Gasteiger charge is 2.45. The molecule has 104 valence electrons. The van der Waals surface area contributed by atoms with Crippen molar-refractivity contribution in [1.82, 2.24) is 10.2 Å². The molecule has 2 fully saturated rings. The van der Waals surface area contributed by atoms with Crippen LogP contribution in [-0.2, 0) is 0 Å². The van der Waals surface area contributed by atoms with Crippen molar-refractivity contribution in [3.05, 3.63) is 12.2 Å². The molecule has 2 nitrogen and oxygen atoms in total. The maximum Gasteiger partial charge on any atom is 0.0365 e. The summed E-state index contributed by atoms with van der Waals surface area (Å²) >= 11 is 0. The zero-order valence-corrected chi connectivity index (χ0v) is 12.3. The Labute approximate surface area is 113 Å². The van der Waals surface area contributed by atoms with Crippen molar-refractivity contribution in [2.45, 2.75) is 69.9 Å². The van der Waals surface area contributed by atoms with E-state index in [-0.39, 0.29) is 0 Å². The van der Waals surface area contributed by atoms with Crippen molar-refractivity contribution in [2.75, 3.05) is 20.1 Å². The molecule has 2 rings (SSSR count). The van der Waals surface area contributed by atoms with Gasteiger partial charge in [-0.15, -0.1) is 6.58 Å². The smallest absolute Gasteiger partial charge is 0.0365 e. The van der Waals surface area contributed by atoms with Crippen molar-refractivity contribution in [2.24, 2.45) is 0 Å². The molecule has 0 amide bonds. The minimum Gasteiger partial charge on any atom is -0.315 e. The molecule has 1 saturated heterocycles. The van der Waals surface area contributed by atoms with Crippen LogP contribution in [0.2, 0.25) is 0 Å². The Balaban J connectivity index is 2.15. The van der Waals surface area contributed by atoms with E-state index in [1.54, 1.807) is 0 Å². The van der Waals surface area contributed by atoms with Gasteiger partial charge in [0, 0.05) is 11.6 Å². The minimum absolute atomic E-state index is 0.425. The van der Waals surface area contributed by atoms with Crippen LogP contribution in [0.5, 0.6) is 0 Å². The maximum absolute atomic E-state index is 4.13. The van der Waals surface area contributed by atoms with Gasteiger partial charge in [0.25, 0.3) is 0 Å². The third-order valence-electron chi connectivity index (χ3n) is 5.00. The maximum atomic E-state index is 4.13. The summed E-state index contributed by atoms with van der Waals surface area (Å²) in [5.41, 5.74) is 1.74. The Kier molecular flexibility index (Phi) is 4.85. The highest BCUT2D eigenvalue weighted by atomic mass is 15.2. The number of likely N-dealkylation sites (N-methyl/N-ethyl adjacent to an activating group) is 1. The highest BCUT2D eigenvalue weighted by Crippen LogP contribution is 2.41. The fourth-order valence-electron chi connectivity index (χ4n) is 4.12. The van der Waals surface area contributed by atoms with Gasteiger partial charge in [-0.3, -0.25) is 4.90 Å². The molecule has 1 unspecified atom stereocenters. The van der Waals surface area contributed by atoms with Crippen molar-refractivity contribution >= 4 is 0 Å². The van der Waals surface area contributed by atoms with Crippen LogP contribution in [0.15, 0.2) is 12.2 Å². The van der Waals surface area contributed by atoms with E-state index in [0.29, 0.717) is 11.6 Å². The lowest BCUT2D eigenvalue weighted by atomic mass is 9.81. The lowest BCUT2D eigenvalue weighted by Gasteiger charge is -2.48. The van der Waals surface area contributed by atoms with Crippen molar-refractivity contribution < 1.29 is 0 Å². The van der Waals surface area contributed by atoms with Gasteiger partial charge in [-0.05, 0) is 59.2 Å². The van der Waals surface area contributed by atoms with Gasteiger partial charge in [0.1, 0.15) is 0 Å². The van der Waals surface area contributed by atoms with E-state index in [2.05, 4.69) is 30.8 Å². The van der Waals surface area contributed by atoms with Crippen LogP contribution < -0.4 is 5.32 Å². The van der Waals surface area contributed by atoms with Gasteiger partial charge >= 0.3 is 0 Å². The number of hydrogen-bond donors (Lipinski definition) is 1. The predicted octanol–water partition coefficient (Wildman–Crippen LogP) is 3.34. The van der Waals surface area contributed by atoms with Crippen molar-refractivity contribution in [3.63, 3.8) is 0 Å². The summed E-state index contributed by atoms with van der Waals surface area (Å²) in [5, 5.41) is 3.61. The molecule has 0 aromatic rings. The average Bonchev–Trinajstić information content (AvgIpc) is 2.87. The Bertz CT molecular complexity index is 273. The third kappa shape index (κ3) is 2.80. The van der Waals surface area contributed by atoms with E-state index in [1.165, 1.54) is 63.6 Å². The Hall–Kier alpha value is -0.340. The summed E-state index contributed by atoms with van der Waals surface area (Å²) < 4.78 is 0. The molecule has 0 radical (unpaired) electrons. The standard InChI is InChI=1S/C16H30N2/c1-14(2)13-15(17-3)16(9-5-6-10-16)18-11-7-4-8-12-18/h15,17H,1,4-13H2,2-3H3. The molecular formula is C16H30N2. The van der Waals surface area contributed by atoms with Gasteiger partial charge in [-0.25, -0.2) is 0 Å². The molecule has 1 atom stereocenters. The number of nitrogens with zero attached hydrogens (tertiary/aromatic N) is 1. The van der Waals surface area contributed by atoms with E-state index in [4.69, 9.17) is 0 Å². The summed E-state index contributed by atoms with van der Waals surface area (Å²) in [4.78, 5) is 2.81. The SMILES string of the molecule is C=C(C)CC(NC)C1(N2CCCCC2)CCCC1. The molecule has 1 aliphatic carbocycles. The molecule has 1 aliphatic heterocycles. The second-order valence-corrected chi connectivity index (χ2v) is 6.36. The van der Waals surface area contributed by atoms with Crippen LogP contribution in [0.3, 0.4) is 0 Å². The molecule has 0 aromatic heterocycles. The van der Waals surface area contributed by atoms with Crippen LogP contribution in [0.1, 0.15) is 58.3 Å². The third-order valence-corrected chi connectivity index (χ3v) is 5.00. The van der Waals surface area contributed by atoms with Crippen LogP contribution in [0.4, 0.5) is 0 Å². The molecule has 1 N–H and O–H groups in total. The second kappa shape index (κ2) is 6.21. The largest absolute Gasteiger partial charge is 0.315 e. The summed E-state index contributed by atoms with van der Waals surface area (Å²) in [5.74, 6) is 0. The topological polar surface area (TPSA) is 15.3 Å². The summed E-state index contributed by atoms with van der Waals surface area (Å²) in [6.07, 6.45) is 10.9. The van der Waals surface area contributed by atoms with Gasteiger partial charge in [0.2, 0.25) is 0 Å². The van der Waals surface area contributed by atoms with Crippen LogP contribution in [0.25, 0.3) is 0 Å². The molecule has 1 heterocycles. The van der Waals surface area contributed by atoms with Crippen LogP contribution in [-0.4, -0.2) is 36.6 Å². The monoisotopic (exact) mass is 250 g/mol. The first-order chi connectivity index (χ1) is 8.69. The van der Waals surface area contributed by atoms with E-state index < -0.39 is 0 Å². The first kappa shape index (κ1) is 14.1. The fourth-order valence-corrected chi connectivity index (χ4v) is 4.12. The Morgan fingerprint density at radius 2 is 1.78 bits per heavy atom. The number of nitrogens with one attached hydrogen (secondary N) is 1. The number of hydrogen-bond acceptors (Lipinski definition) is 2. The average molecular weight is 250 g/mol. The Morgan fingerprint density at radius 1 is 1.17 bits per heavy atom. The summed E-state index contributed by atoms with van der Waals surface area (Å²) in [6, 6.07) is 0.593. The van der Waals surface area contributed by atoms with Crippen molar-refractivity contribution in [1.29, 1.82) is 0 Å². The van der Waals surface area contributed by atoms with Gasteiger partial charge in [0.05, 0.1) is 0 Å². The van der Waals surface area contributed by atoms with E-state index >= 15 is 0 Å². The van der Waals surface area contributed by atoms with Crippen molar-refractivity contribution in [3.8, 4) is 0 Å². The zero-order chi connectivity index (χ0) is 13.0. The quantitative estimate of drug-likeness (QED) is 0.753. The number of piperidine rings is 1.